The maximum Gasteiger partial charge on any atom is 0.327 e. The minimum Gasteiger partial charge on any atom is -0.460 e. The number of thiazole rings is 1. The highest BCUT2D eigenvalue weighted by Crippen LogP contribution is 2.41. The van der Waals surface area contributed by atoms with Crippen LogP contribution in [-0.4, -0.2) is 33.2 Å². The quantitative estimate of drug-likeness (QED) is 0.429. The van der Waals surface area contributed by atoms with Crippen LogP contribution in [0.2, 0.25) is 0 Å². The zero-order valence-corrected chi connectivity index (χ0v) is 21.8. The number of carbonyl (C=O) groups excluding carboxylic acids is 2. The molecule has 0 amide bonds. The van der Waals surface area contributed by atoms with E-state index in [9.17, 15) is 14.7 Å². The van der Waals surface area contributed by atoms with Crippen LogP contribution < -0.4 is 5.73 Å². The predicted octanol–water partition coefficient (Wildman–Crippen LogP) is 4.68. The van der Waals surface area contributed by atoms with E-state index in [0.717, 1.165) is 26.5 Å². The highest BCUT2D eigenvalue weighted by atomic mass is 32.2. The molecule has 180 valence electrons. The molecule has 0 spiro atoms. The number of ketones is 1. The van der Waals surface area contributed by atoms with Crippen molar-refractivity contribution in [2.45, 2.75) is 82.7 Å². The van der Waals surface area contributed by atoms with E-state index in [1.54, 1.807) is 6.20 Å². The number of Topliss-reactive ketones (excluding diaryl/α,β-unsaturated/α-hetero) is 1. The van der Waals surface area contributed by atoms with Gasteiger partial charge in [-0.3, -0.25) is 9.59 Å². The number of aliphatic hydroxyl groups is 1. The fourth-order valence-corrected chi connectivity index (χ4v) is 6.34. The molecule has 2 heterocycles. The van der Waals surface area contributed by atoms with Crippen LogP contribution in [0.1, 0.15) is 62.6 Å². The Hall–Kier alpha value is -1.90. The lowest BCUT2D eigenvalue weighted by Gasteiger charge is -2.36. The molecule has 33 heavy (non-hydrogen) atoms. The molecule has 3 atom stereocenters. The van der Waals surface area contributed by atoms with Crippen LogP contribution in [-0.2, 0) is 32.8 Å². The number of esters is 1. The number of rotatable bonds is 7. The number of aromatic nitrogens is 1. The summed E-state index contributed by atoms with van der Waals surface area (Å²) in [4.78, 5) is 32.6. The van der Waals surface area contributed by atoms with Gasteiger partial charge >= 0.3 is 5.97 Å². The number of nitrogen functional groups attached to an aromatic ring is 1. The summed E-state index contributed by atoms with van der Waals surface area (Å²) in [5, 5.41) is 9.33. The lowest BCUT2D eigenvalue weighted by Crippen LogP contribution is -2.50. The molecule has 0 saturated carbocycles. The van der Waals surface area contributed by atoms with Gasteiger partial charge in [-0.2, -0.15) is 0 Å². The Morgan fingerprint density at radius 3 is 2.52 bits per heavy atom. The molecule has 6 nitrogen and oxygen atoms in total. The summed E-state index contributed by atoms with van der Waals surface area (Å²) in [6, 6.07) is 3.96. The number of benzene rings is 1. The first-order valence-electron chi connectivity index (χ1n) is 11.3. The Kier molecular flexibility index (Phi) is 7.91. The molecule has 1 fully saturated rings. The van der Waals surface area contributed by atoms with Crippen molar-refractivity contribution in [3.8, 4) is 0 Å². The number of carbonyl (C=O) groups is 2. The predicted molar refractivity (Wildman–Crippen MR) is 134 cm³/mol. The molecule has 3 rings (SSSR count). The minimum atomic E-state index is -0.906. The topological polar surface area (TPSA) is 103 Å². The lowest BCUT2D eigenvalue weighted by atomic mass is 9.83. The van der Waals surface area contributed by atoms with Crippen LogP contribution >= 0.6 is 23.1 Å². The molecule has 8 heteroatoms. The van der Waals surface area contributed by atoms with E-state index in [-0.39, 0.29) is 29.6 Å². The molecule has 0 aliphatic carbocycles. The van der Waals surface area contributed by atoms with Gasteiger partial charge in [-0.05, 0) is 53.9 Å². The number of hydrogen-bond donors (Lipinski definition) is 2. The molecule has 1 aromatic carbocycles. The van der Waals surface area contributed by atoms with Crippen molar-refractivity contribution in [2.75, 3.05) is 5.73 Å². The van der Waals surface area contributed by atoms with Crippen LogP contribution in [0.5, 0.6) is 0 Å². The van der Waals surface area contributed by atoms with E-state index in [4.69, 9.17) is 10.5 Å². The molecular formula is C25H34N2O4S2. The Morgan fingerprint density at radius 1 is 1.27 bits per heavy atom. The average molecular weight is 491 g/mol. The molecule has 1 aliphatic heterocycles. The molecule has 2 aromatic rings. The maximum absolute atomic E-state index is 13.7. The third-order valence-electron chi connectivity index (χ3n) is 6.08. The second-order valence-corrected chi connectivity index (χ2v) is 12.3. The fraction of sp³-hybridized carbons (Fsp3) is 0.560. The Bertz CT molecular complexity index is 1030. The first-order chi connectivity index (χ1) is 15.4. The van der Waals surface area contributed by atoms with Crippen LogP contribution in [0.4, 0.5) is 5.13 Å². The lowest BCUT2D eigenvalue weighted by molar-refractivity contribution is -0.165. The Labute approximate surface area is 204 Å². The van der Waals surface area contributed by atoms with E-state index in [0.29, 0.717) is 18.0 Å². The van der Waals surface area contributed by atoms with Gasteiger partial charge < -0.3 is 15.6 Å². The third-order valence-corrected chi connectivity index (χ3v) is 8.22. The van der Waals surface area contributed by atoms with Gasteiger partial charge in [0, 0.05) is 16.0 Å². The van der Waals surface area contributed by atoms with Gasteiger partial charge in [0.15, 0.2) is 16.2 Å². The van der Waals surface area contributed by atoms with Crippen molar-refractivity contribution in [3.63, 3.8) is 0 Å². The molecule has 3 unspecified atom stereocenters. The van der Waals surface area contributed by atoms with Gasteiger partial charge in [-0.15, -0.1) is 23.1 Å². The second kappa shape index (κ2) is 10.2. The summed E-state index contributed by atoms with van der Waals surface area (Å²) in [6.07, 6.45) is 2.56. The number of nitrogens with zero attached hydrogens (tertiary/aromatic N) is 1. The van der Waals surface area contributed by atoms with Crippen molar-refractivity contribution in [2.24, 2.45) is 11.8 Å². The number of aliphatic hydroxyl groups excluding tert-OH is 1. The second-order valence-electron chi connectivity index (χ2n) is 10.0. The summed E-state index contributed by atoms with van der Waals surface area (Å²) < 4.78 is 5.85. The first-order valence-corrected chi connectivity index (χ1v) is 13.0. The number of ether oxygens (including phenoxy) is 1. The van der Waals surface area contributed by atoms with E-state index < -0.39 is 17.3 Å². The number of anilines is 1. The molecule has 1 saturated heterocycles. The standard InChI is InChI=1S/C25H34N2O4S2/c1-13(2)21-17(8-7-16-11-27-24(26)32-16)20(29)22(23(30)31-21)33-19-9-14(3)15(12-28)10-18(19)25(4,5)6/h9-11,13,17,21-22,28H,7-8,12H2,1-6H3,(H2,26,27). The normalized spacial score (nSPS) is 21.5. The van der Waals surface area contributed by atoms with E-state index in [2.05, 4.69) is 25.8 Å². The van der Waals surface area contributed by atoms with Crippen LogP contribution in [0.25, 0.3) is 0 Å². The van der Waals surface area contributed by atoms with E-state index in [1.165, 1.54) is 23.1 Å². The van der Waals surface area contributed by atoms with E-state index in [1.807, 2.05) is 32.9 Å². The van der Waals surface area contributed by atoms with E-state index >= 15 is 0 Å². The first kappa shape index (κ1) is 25.7. The molecule has 0 bridgehead atoms. The smallest absolute Gasteiger partial charge is 0.327 e. The van der Waals surface area contributed by atoms with Crippen LogP contribution in [0.3, 0.4) is 0 Å². The molecule has 0 radical (unpaired) electrons. The minimum absolute atomic E-state index is 0.0385. The van der Waals surface area contributed by atoms with Gasteiger partial charge in [0.25, 0.3) is 0 Å². The molecular weight excluding hydrogens is 456 g/mol. The third kappa shape index (κ3) is 5.78. The fourth-order valence-electron chi connectivity index (χ4n) is 4.21. The van der Waals surface area contributed by atoms with Gasteiger partial charge in [0.05, 0.1) is 12.5 Å². The average Bonchev–Trinajstić information content (AvgIpc) is 3.14. The monoisotopic (exact) mass is 490 g/mol. The van der Waals surface area contributed by atoms with Crippen molar-refractivity contribution in [3.05, 3.63) is 39.9 Å². The summed E-state index contributed by atoms with van der Waals surface area (Å²) in [7, 11) is 0. The summed E-state index contributed by atoms with van der Waals surface area (Å²) in [5.41, 5.74) is 8.33. The number of hydrogen-bond acceptors (Lipinski definition) is 8. The van der Waals surface area contributed by atoms with Gasteiger partial charge in [0.2, 0.25) is 0 Å². The van der Waals surface area contributed by atoms with Gasteiger partial charge in [0.1, 0.15) is 6.10 Å². The van der Waals surface area contributed by atoms with Crippen molar-refractivity contribution in [1.82, 2.24) is 4.98 Å². The van der Waals surface area contributed by atoms with Crippen LogP contribution in [0.15, 0.2) is 23.2 Å². The number of thioether (sulfide) groups is 1. The number of nitrogens with two attached hydrogens (primary N) is 1. The maximum atomic E-state index is 13.7. The number of aryl methyl sites for hydroxylation is 2. The van der Waals surface area contributed by atoms with Crippen LogP contribution in [0, 0.1) is 18.8 Å². The largest absolute Gasteiger partial charge is 0.460 e. The highest BCUT2D eigenvalue weighted by Gasteiger charge is 2.46. The molecule has 1 aliphatic rings. The zero-order valence-electron chi connectivity index (χ0n) is 20.2. The van der Waals surface area contributed by atoms with Gasteiger partial charge in [-0.1, -0.05) is 40.7 Å². The van der Waals surface area contributed by atoms with Crippen molar-refractivity contribution >= 4 is 40.0 Å². The van der Waals surface area contributed by atoms with Crippen molar-refractivity contribution < 1.29 is 19.4 Å². The highest BCUT2D eigenvalue weighted by molar-refractivity contribution is 8.01. The zero-order chi connectivity index (χ0) is 24.5. The summed E-state index contributed by atoms with van der Waals surface area (Å²) in [5.74, 6) is -0.877. The Morgan fingerprint density at radius 2 is 1.97 bits per heavy atom. The van der Waals surface area contributed by atoms with Gasteiger partial charge in [-0.25, -0.2) is 4.98 Å². The number of cyclic esters (lactones) is 1. The molecule has 1 aromatic heterocycles. The summed E-state index contributed by atoms with van der Waals surface area (Å²) >= 11 is 2.70. The Balaban J connectivity index is 1.90. The molecule has 3 N–H and O–H groups in total. The van der Waals surface area contributed by atoms with Crippen molar-refractivity contribution in [1.29, 1.82) is 0 Å². The SMILES string of the molecule is Cc1cc(SC2C(=O)OC(C(C)C)C(CCc3cnc(N)s3)C2=O)c(C(C)(C)C)cc1CO. The summed E-state index contributed by atoms with van der Waals surface area (Å²) in [6.45, 7) is 12.1.